The Bertz CT molecular complexity index is 721. The maximum atomic E-state index is 12.2. The summed E-state index contributed by atoms with van der Waals surface area (Å²) in [5.41, 5.74) is 1.45. The average Bonchev–Trinajstić information content (AvgIpc) is 2.95. The van der Waals surface area contributed by atoms with E-state index in [1.807, 2.05) is 0 Å². The highest BCUT2D eigenvalue weighted by atomic mass is 16.4. The number of amides is 2. The maximum absolute atomic E-state index is 12.2. The van der Waals surface area contributed by atoms with E-state index in [-0.39, 0.29) is 30.5 Å². The Labute approximate surface area is 132 Å². The molecule has 3 N–H and O–H groups in total. The normalized spacial score (nSPS) is 10.1. The third-order valence-corrected chi connectivity index (χ3v) is 2.95. The van der Waals surface area contributed by atoms with Crippen LogP contribution in [0.4, 0.5) is 11.4 Å². The molecule has 0 atom stereocenters. The quantitative estimate of drug-likeness (QED) is 0.748. The molecule has 8 heteroatoms. The Morgan fingerprint density at radius 1 is 1.09 bits per heavy atom. The van der Waals surface area contributed by atoms with Crippen molar-refractivity contribution in [3.63, 3.8) is 0 Å². The highest BCUT2D eigenvalue weighted by Crippen LogP contribution is 2.14. The van der Waals surface area contributed by atoms with Crippen molar-refractivity contribution in [3.8, 4) is 0 Å². The summed E-state index contributed by atoms with van der Waals surface area (Å²) < 4.78 is 1.34. The molecule has 0 bridgehead atoms. The predicted octanol–water partition coefficient (Wildman–Crippen LogP) is 1.57. The number of carboxylic acids is 1. The Morgan fingerprint density at radius 2 is 1.70 bits per heavy atom. The molecule has 120 valence electrons. The Hall–Kier alpha value is -3.16. The molecule has 0 unspecified atom stereocenters. The van der Waals surface area contributed by atoms with E-state index in [9.17, 15) is 14.4 Å². The van der Waals surface area contributed by atoms with Crippen LogP contribution < -0.4 is 10.6 Å². The first-order valence-electron chi connectivity index (χ1n) is 6.88. The van der Waals surface area contributed by atoms with Crippen LogP contribution in [0, 0.1) is 0 Å². The fraction of sp³-hybridized carbons (Fsp3) is 0.200. The number of nitrogens with one attached hydrogen (secondary N) is 2. The first kappa shape index (κ1) is 16.2. The summed E-state index contributed by atoms with van der Waals surface area (Å²) in [5, 5.41) is 18.0. The maximum Gasteiger partial charge on any atom is 0.305 e. The molecule has 8 nitrogen and oxygen atoms in total. The number of hydrogen-bond donors (Lipinski definition) is 3. The van der Waals surface area contributed by atoms with Crippen LogP contribution in [0.3, 0.4) is 0 Å². The molecular formula is C15H16N4O4. The molecular weight excluding hydrogens is 300 g/mol. The lowest BCUT2D eigenvalue weighted by Crippen LogP contribution is -2.19. The number of aromatic nitrogens is 2. The molecule has 0 radical (unpaired) electrons. The summed E-state index contributed by atoms with van der Waals surface area (Å²) in [7, 11) is 0. The highest BCUT2D eigenvalue weighted by Gasteiger charge is 2.13. The monoisotopic (exact) mass is 316 g/mol. The molecule has 2 aromatic rings. The lowest BCUT2D eigenvalue weighted by Gasteiger charge is -2.08. The summed E-state index contributed by atoms with van der Waals surface area (Å²) in [6.07, 6.45) is 1.32. The smallest absolute Gasteiger partial charge is 0.305 e. The van der Waals surface area contributed by atoms with Crippen LogP contribution >= 0.6 is 0 Å². The van der Waals surface area contributed by atoms with Crippen molar-refractivity contribution in [3.05, 3.63) is 42.2 Å². The van der Waals surface area contributed by atoms with Gasteiger partial charge in [-0.15, -0.1) is 0 Å². The van der Waals surface area contributed by atoms with Crippen LogP contribution in [0.1, 0.15) is 23.8 Å². The van der Waals surface area contributed by atoms with E-state index in [1.165, 1.54) is 23.9 Å². The largest absolute Gasteiger partial charge is 0.481 e. The molecule has 0 spiro atoms. The van der Waals surface area contributed by atoms with E-state index in [2.05, 4.69) is 15.7 Å². The van der Waals surface area contributed by atoms with Gasteiger partial charge in [0.25, 0.3) is 5.91 Å². The fourth-order valence-corrected chi connectivity index (χ4v) is 1.94. The second-order valence-corrected chi connectivity index (χ2v) is 4.80. The minimum Gasteiger partial charge on any atom is -0.481 e. The molecule has 0 fully saturated rings. The molecule has 0 saturated carbocycles. The predicted molar refractivity (Wildman–Crippen MR) is 83.2 cm³/mol. The van der Waals surface area contributed by atoms with Crippen LogP contribution in [-0.4, -0.2) is 32.7 Å². The third kappa shape index (κ3) is 4.67. The summed E-state index contributed by atoms with van der Waals surface area (Å²) in [6.45, 7) is 1.53. The second-order valence-electron chi connectivity index (χ2n) is 4.80. The number of hydrogen-bond acceptors (Lipinski definition) is 4. The number of aryl methyl sites for hydroxylation is 1. The van der Waals surface area contributed by atoms with Gasteiger partial charge in [0.15, 0.2) is 0 Å². The van der Waals surface area contributed by atoms with Gasteiger partial charge in [-0.25, -0.2) is 0 Å². The van der Waals surface area contributed by atoms with Crippen LogP contribution in [-0.2, 0) is 16.1 Å². The topological polar surface area (TPSA) is 113 Å². The fourth-order valence-electron chi connectivity index (χ4n) is 1.94. The third-order valence-electron chi connectivity index (χ3n) is 2.95. The molecule has 1 heterocycles. The number of carboxylic acid groups (broad SMARTS) is 1. The van der Waals surface area contributed by atoms with Gasteiger partial charge in [-0.05, 0) is 30.3 Å². The van der Waals surface area contributed by atoms with Gasteiger partial charge in [-0.2, -0.15) is 5.10 Å². The molecule has 2 rings (SSSR count). The summed E-state index contributed by atoms with van der Waals surface area (Å²) in [4.78, 5) is 33.8. The van der Waals surface area contributed by atoms with Crippen LogP contribution in [0.15, 0.2) is 36.5 Å². The standard InChI is InChI=1S/C15H16N4O4/c1-10(20)17-11-2-4-12(5-3-11)18-15(23)13-6-8-16-19(13)9-7-14(21)22/h2-6,8H,7,9H2,1H3,(H,17,20)(H,18,23)(H,21,22). The minimum absolute atomic E-state index is 0.118. The van der Waals surface area contributed by atoms with Crippen molar-refractivity contribution in [2.45, 2.75) is 19.9 Å². The van der Waals surface area contributed by atoms with E-state index in [1.54, 1.807) is 24.3 Å². The van der Waals surface area contributed by atoms with E-state index in [0.29, 0.717) is 11.4 Å². The summed E-state index contributed by atoms with van der Waals surface area (Å²) in [5.74, 6) is -1.52. The number of nitrogens with zero attached hydrogens (tertiary/aromatic N) is 2. The van der Waals surface area contributed by atoms with Gasteiger partial charge >= 0.3 is 5.97 Å². The van der Waals surface area contributed by atoms with Gasteiger partial charge in [-0.1, -0.05) is 0 Å². The van der Waals surface area contributed by atoms with Gasteiger partial charge in [0, 0.05) is 24.5 Å². The second kappa shape index (κ2) is 7.21. The molecule has 0 aliphatic rings. The van der Waals surface area contributed by atoms with Crippen LogP contribution in [0.2, 0.25) is 0 Å². The van der Waals surface area contributed by atoms with E-state index >= 15 is 0 Å². The van der Waals surface area contributed by atoms with Crippen LogP contribution in [0.25, 0.3) is 0 Å². The first-order valence-corrected chi connectivity index (χ1v) is 6.88. The van der Waals surface area contributed by atoms with Gasteiger partial charge < -0.3 is 15.7 Å². The van der Waals surface area contributed by atoms with Crippen molar-refractivity contribution in [2.24, 2.45) is 0 Å². The Kier molecular flexibility index (Phi) is 5.08. The Morgan fingerprint density at radius 3 is 2.26 bits per heavy atom. The van der Waals surface area contributed by atoms with Crippen molar-refractivity contribution < 1.29 is 19.5 Å². The van der Waals surface area contributed by atoms with E-state index in [0.717, 1.165) is 0 Å². The molecule has 23 heavy (non-hydrogen) atoms. The lowest BCUT2D eigenvalue weighted by atomic mass is 10.2. The summed E-state index contributed by atoms with van der Waals surface area (Å²) >= 11 is 0. The highest BCUT2D eigenvalue weighted by molar-refractivity contribution is 6.03. The number of aliphatic carboxylic acids is 1. The zero-order valence-corrected chi connectivity index (χ0v) is 12.4. The molecule has 1 aromatic heterocycles. The first-order chi connectivity index (χ1) is 11.0. The zero-order valence-electron chi connectivity index (χ0n) is 12.4. The van der Waals surface area contributed by atoms with Crippen molar-refractivity contribution in [1.82, 2.24) is 9.78 Å². The van der Waals surface area contributed by atoms with Gasteiger partial charge in [-0.3, -0.25) is 19.1 Å². The van der Waals surface area contributed by atoms with Gasteiger partial charge in [0.05, 0.1) is 13.0 Å². The number of carbonyl (C=O) groups excluding carboxylic acids is 2. The molecule has 1 aromatic carbocycles. The molecule has 2 amide bonds. The Balaban J connectivity index is 2.03. The van der Waals surface area contributed by atoms with Crippen molar-refractivity contribution >= 4 is 29.2 Å². The van der Waals surface area contributed by atoms with Gasteiger partial charge in [0.2, 0.25) is 5.91 Å². The minimum atomic E-state index is -0.958. The average molecular weight is 316 g/mol. The lowest BCUT2D eigenvalue weighted by molar-refractivity contribution is -0.137. The van der Waals surface area contributed by atoms with Gasteiger partial charge in [0.1, 0.15) is 5.69 Å². The van der Waals surface area contributed by atoms with Crippen LogP contribution in [0.5, 0.6) is 0 Å². The number of benzene rings is 1. The number of anilines is 2. The number of rotatable bonds is 6. The van der Waals surface area contributed by atoms with E-state index < -0.39 is 5.97 Å². The SMILES string of the molecule is CC(=O)Nc1ccc(NC(=O)c2ccnn2CCC(=O)O)cc1. The van der Waals surface area contributed by atoms with E-state index in [4.69, 9.17) is 5.11 Å². The number of carbonyl (C=O) groups is 3. The molecule has 0 saturated heterocycles. The van der Waals surface area contributed by atoms with Crippen molar-refractivity contribution in [2.75, 3.05) is 10.6 Å². The van der Waals surface area contributed by atoms with Crippen molar-refractivity contribution in [1.29, 1.82) is 0 Å². The zero-order chi connectivity index (χ0) is 16.8. The summed E-state index contributed by atoms with van der Waals surface area (Å²) in [6, 6.07) is 8.16. The molecule has 0 aliphatic carbocycles. The molecule has 0 aliphatic heterocycles.